The molecule has 2 fully saturated rings. The first-order chi connectivity index (χ1) is 10.2. The van der Waals surface area contributed by atoms with Crippen LogP contribution in [0.4, 0.5) is 0 Å². The number of aliphatic hydroxyl groups excluding tert-OH is 1. The third-order valence-electron chi connectivity index (χ3n) is 4.56. The van der Waals surface area contributed by atoms with Crippen molar-refractivity contribution in [2.45, 2.75) is 38.8 Å². The first-order valence-electron chi connectivity index (χ1n) is 8.09. The summed E-state index contributed by atoms with van der Waals surface area (Å²) in [5, 5.41) is 9.33. The van der Waals surface area contributed by atoms with Crippen LogP contribution in [0.3, 0.4) is 0 Å². The summed E-state index contributed by atoms with van der Waals surface area (Å²) >= 11 is 0. The summed E-state index contributed by atoms with van der Waals surface area (Å²) in [6, 6.07) is 0.489. The second kappa shape index (κ2) is 6.81. The van der Waals surface area contributed by atoms with E-state index in [1.54, 1.807) is 0 Å². The summed E-state index contributed by atoms with van der Waals surface area (Å²) in [6.45, 7) is 7.57. The van der Waals surface area contributed by atoms with Crippen molar-refractivity contribution in [2.75, 3.05) is 32.8 Å². The Kier molecular flexibility index (Phi) is 4.83. The lowest BCUT2D eigenvalue weighted by atomic mass is 10.1. The summed E-state index contributed by atoms with van der Waals surface area (Å²) in [4.78, 5) is 13.8. The van der Waals surface area contributed by atoms with Crippen LogP contribution in [0.5, 0.6) is 0 Å². The second-order valence-corrected chi connectivity index (χ2v) is 6.49. The molecule has 116 valence electrons. The van der Waals surface area contributed by atoms with Gasteiger partial charge in [-0.05, 0) is 32.1 Å². The molecule has 1 aromatic rings. The van der Waals surface area contributed by atoms with Crippen LogP contribution in [0.25, 0.3) is 0 Å². The van der Waals surface area contributed by atoms with E-state index in [1.165, 1.54) is 19.4 Å². The van der Waals surface area contributed by atoms with Gasteiger partial charge in [-0.15, -0.1) is 0 Å². The summed E-state index contributed by atoms with van der Waals surface area (Å²) < 4.78 is 0. The first kappa shape index (κ1) is 14.9. The first-order valence-corrected chi connectivity index (χ1v) is 8.09. The number of aliphatic hydroxyl groups is 1. The Bertz CT molecular complexity index is 446. The lowest BCUT2D eigenvalue weighted by Gasteiger charge is -2.41. The molecule has 1 saturated heterocycles. The van der Waals surface area contributed by atoms with E-state index in [0.717, 1.165) is 49.9 Å². The molecule has 2 aliphatic rings. The normalized spacial score (nSPS) is 24.4. The molecule has 0 amide bonds. The fraction of sp³-hybridized carbons (Fsp3) is 0.750. The second-order valence-electron chi connectivity index (χ2n) is 6.49. The zero-order valence-electron chi connectivity index (χ0n) is 12.9. The molecule has 5 nitrogen and oxygen atoms in total. The molecule has 2 heterocycles. The Morgan fingerprint density at radius 1 is 1.24 bits per heavy atom. The quantitative estimate of drug-likeness (QED) is 0.849. The van der Waals surface area contributed by atoms with E-state index in [2.05, 4.69) is 19.8 Å². The maximum absolute atomic E-state index is 9.33. The topological polar surface area (TPSA) is 52.5 Å². The zero-order chi connectivity index (χ0) is 14.7. The van der Waals surface area contributed by atoms with Gasteiger partial charge in [0.15, 0.2) is 0 Å². The zero-order valence-corrected chi connectivity index (χ0v) is 12.9. The van der Waals surface area contributed by atoms with E-state index in [4.69, 9.17) is 0 Å². The summed E-state index contributed by atoms with van der Waals surface area (Å²) in [7, 11) is 0. The maximum atomic E-state index is 9.33. The number of hydrogen-bond acceptors (Lipinski definition) is 5. The smallest absolute Gasteiger partial charge is 0.0727 e. The van der Waals surface area contributed by atoms with Gasteiger partial charge in [-0.1, -0.05) is 0 Å². The highest BCUT2D eigenvalue weighted by molar-refractivity contribution is 5.01. The van der Waals surface area contributed by atoms with Crippen LogP contribution < -0.4 is 0 Å². The van der Waals surface area contributed by atoms with Gasteiger partial charge in [-0.2, -0.15) is 0 Å². The summed E-state index contributed by atoms with van der Waals surface area (Å²) in [5.74, 6) is 0.917. The fourth-order valence-electron chi connectivity index (χ4n) is 3.13. The van der Waals surface area contributed by atoms with Crippen LogP contribution in [0.15, 0.2) is 12.4 Å². The van der Waals surface area contributed by atoms with Gasteiger partial charge < -0.3 is 5.11 Å². The minimum absolute atomic E-state index is 0.282. The minimum Gasteiger partial charge on any atom is -0.396 e. The molecule has 0 bridgehead atoms. The molecule has 1 aliphatic carbocycles. The van der Waals surface area contributed by atoms with Crippen molar-refractivity contribution in [3.05, 3.63) is 23.8 Å². The average Bonchev–Trinajstić information content (AvgIpc) is 3.29. The monoisotopic (exact) mass is 290 g/mol. The third-order valence-corrected chi connectivity index (χ3v) is 4.56. The van der Waals surface area contributed by atoms with Crippen LogP contribution in [0, 0.1) is 12.8 Å². The molecule has 1 saturated carbocycles. The Hall–Kier alpha value is -1.04. The van der Waals surface area contributed by atoms with E-state index < -0.39 is 0 Å². The maximum Gasteiger partial charge on any atom is 0.0727 e. The predicted octanol–water partition coefficient (Wildman–Crippen LogP) is 1.06. The molecule has 5 heteroatoms. The van der Waals surface area contributed by atoms with E-state index in [0.29, 0.717) is 6.04 Å². The molecule has 1 unspecified atom stereocenters. The van der Waals surface area contributed by atoms with Crippen LogP contribution in [0.2, 0.25) is 0 Å². The Balaban J connectivity index is 1.56. The molecular formula is C16H26N4O. The number of aryl methyl sites for hydroxylation is 1. The minimum atomic E-state index is 0.282. The number of rotatable bonds is 6. The number of hydrogen-bond donors (Lipinski definition) is 1. The van der Waals surface area contributed by atoms with Crippen molar-refractivity contribution >= 4 is 0 Å². The molecule has 1 aliphatic heterocycles. The lowest BCUT2D eigenvalue weighted by molar-refractivity contribution is 0.0515. The summed E-state index contributed by atoms with van der Waals surface area (Å²) in [6.07, 6.45) is 7.38. The molecule has 0 aromatic carbocycles. The van der Waals surface area contributed by atoms with Crippen molar-refractivity contribution in [3.8, 4) is 0 Å². The van der Waals surface area contributed by atoms with Gasteiger partial charge in [0.2, 0.25) is 0 Å². The molecule has 0 spiro atoms. The van der Waals surface area contributed by atoms with E-state index in [1.807, 2.05) is 19.3 Å². The highest BCUT2D eigenvalue weighted by atomic mass is 16.3. The van der Waals surface area contributed by atoms with Crippen molar-refractivity contribution < 1.29 is 5.11 Å². The van der Waals surface area contributed by atoms with Gasteiger partial charge in [0.05, 0.1) is 11.4 Å². The van der Waals surface area contributed by atoms with Gasteiger partial charge in [0, 0.05) is 57.8 Å². The molecule has 21 heavy (non-hydrogen) atoms. The van der Waals surface area contributed by atoms with Crippen LogP contribution >= 0.6 is 0 Å². The van der Waals surface area contributed by atoms with E-state index >= 15 is 0 Å². The van der Waals surface area contributed by atoms with Crippen molar-refractivity contribution in [2.24, 2.45) is 5.92 Å². The standard InChI is InChI=1S/C16H26N4O/c1-13-8-18-15(9-17-13)11-19-5-6-20(10-14-2-3-14)16(12-19)4-7-21/h8-9,14,16,21H,2-7,10-12H2,1H3. The number of piperazine rings is 1. The van der Waals surface area contributed by atoms with E-state index in [9.17, 15) is 5.11 Å². The van der Waals surface area contributed by atoms with Gasteiger partial charge in [0.1, 0.15) is 0 Å². The fourth-order valence-corrected chi connectivity index (χ4v) is 3.13. The Morgan fingerprint density at radius 3 is 2.76 bits per heavy atom. The average molecular weight is 290 g/mol. The SMILES string of the molecule is Cc1cnc(CN2CCN(CC3CC3)C(CCO)C2)cn1. The molecule has 1 N–H and O–H groups in total. The van der Waals surface area contributed by atoms with Crippen molar-refractivity contribution in [1.82, 2.24) is 19.8 Å². The van der Waals surface area contributed by atoms with Crippen molar-refractivity contribution in [1.29, 1.82) is 0 Å². The van der Waals surface area contributed by atoms with E-state index in [-0.39, 0.29) is 6.61 Å². The lowest BCUT2D eigenvalue weighted by Crippen LogP contribution is -2.53. The largest absolute Gasteiger partial charge is 0.396 e. The van der Waals surface area contributed by atoms with Gasteiger partial charge >= 0.3 is 0 Å². The van der Waals surface area contributed by atoms with Crippen molar-refractivity contribution in [3.63, 3.8) is 0 Å². The number of aromatic nitrogens is 2. The van der Waals surface area contributed by atoms with Gasteiger partial charge in [0.25, 0.3) is 0 Å². The highest BCUT2D eigenvalue weighted by Gasteiger charge is 2.31. The summed E-state index contributed by atoms with van der Waals surface area (Å²) in [5.41, 5.74) is 2.00. The van der Waals surface area contributed by atoms with Gasteiger partial charge in [-0.25, -0.2) is 0 Å². The predicted molar refractivity (Wildman–Crippen MR) is 81.8 cm³/mol. The Labute approximate surface area is 127 Å². The van der Waals surface area contributed by atoms with Gasteiger partial charge in [-0.3, -0.25) is 19.8 Å². The third kappa shape index (κ3) is 4.22. The molecule has 3 rings (SSSR count). The highest BCUT2D eigenvalue weighted by Crippen LogP contribution is 2.31. The molecule has 1 aromatic heterocycles. The Morgan fingerprint density at radius 2 is 2.10 bits per heavy atom. The molecule has 0 radical (unpaired) electrons. The molecule has 1 atom stereocenters. The van der Waals surface area contributed by atoms with Crippen LogP contribution in [-0.4, -0.2) is 63.7 Å². The number of nitrogens with zero attached hydrogens (tertiary/aromatic N) is 4. The van der Waals surface area contributed by atoms with Crippen LogP contribution in [-0.2, 0) is 6.54 Å². The molecular weight excluding hydrogens is 264 g/mol. The van der Waals surface area contributed by atoms with Crippen LogP contribution in [0.1, 0.15) is 30.7 Å².